The molecule has 1 aliphatic rings. The summed E-state index contributed by atoms with van der Waals surface area (Å²) in [5.74, 6) is 0.973. The Balaban J connectivity index is 2.03. The number of hydrogen-bond donors (Lipinski definition) is 4. The number of methoxy groups -OCH3 is 1. The van der Waals surface area contributed by atoms with Crippen molar-refractivity contribution < 1.29 is 19.7 Å². The third-order valence-electron chi connectivity index (χ3n) is 3.83. The minimum atomic E-state index is -1.12. The maximum Gasteiger partial charge on any atom is 0.168 e. The van der Waals surface area contributed by atoms with E-state index in [1.54, 1.807) is 11.6 Å². The number of aromatic nitrogens is 4. The molecule has 4 atom stereocenters. The van der Waals surface area contributed by atoms with E-state index in [4.69, 9.17) is 15.2 Å². The molecule has 10 nitrogen and oxygen atoms in total. The van der Waals surface area contributed by atoms with Gasteiger partial charge in [0.1, 0.15) is 24.1 Å². The minimum Gasteiger partial charge on any atom is -0.387 e. The molecule has 4 unspecified atom stereocenters. The highest BCUT2D eigenvalue weighted by atomic mass is 16.6. The first-order chi connectivity index (χ1) is 11.1. The summed E-state index contributed by atoms with van der Waals surface area (Å²) < 4.78 is 12.3. The van der Waals surface area contributed by atoms with Gasteiger partial charge in [-0.05, 0) is 0 Å². The number of rotatable bonds is 5. The summed E-state index contributed by atoms with van der Waals surface area (Å²) in [5, 5.41) is 23.3. The summed E-state index contributed by atoms with van der Waals surface area (Å²) in [5.41, 5.74) is 6.63. The fourth-order valence-corrected chi connectivity index (χ4v) is 2.67. The van der Waals surface area contributed by atoms with Gasteiger partial charge in [0.15, 0.2) is 23.2 Å². The highest BCUT2D eigenvalue weighted by molar-refractivity contribution is 5.83. The van der Waals surface area contributed by atoms with Crippen LogP contribution in [0.3, 0.4) is 0 Å². The Labute approximate surface area is 132 Å². The molecule has 0 aromatic carbocycles. The van der Waals surface area contributed by atoms with Crippen LogP contribution >= 0.6 is 0 Å². The van der Waals surface area contributed by atoms with Crippen molar-refractivity contribution in [1.82, 2.24) is 19.5 Å². The minimum absolute atomic E-state index is 0.165. The van der Waals surface area contributed by atoms with Gasteiger partial charge in [0, 0.05) is 14.2 Å². The second-order valence-corrected chi connectivity index (χ2v) is 5.27. The van der Waals surface area contributed by atoms with Crippen LogP contribution < -0.4 is 11.1 Å². The average Bonchev–Trinajstić information content (AvgIpc) is 3.10. The van der Waals surface area contributed by atoms with Gasteiger partial charge >= 0.3 is 0 Å². The molecule has 0 amide bonds. The maximum absolute atomic E-state index is 10.3. The second kappa shape index (κ2) is 6.34. The average molecular weight is 324 g/mol. The van der Waals surface area contributed by atoms with E-state index >= 15 is 0 Å². The van der Waals surface area contributed by atoms with E-state index in [1.807, 2.05) is 0 Å². The molecule has 23 heavy (non-hydrogen) atoms. The molecule has 3 heterocycles. The van der Waals surface area contributed by atoms with Gasteiger partial charge in [0.25, 0.3) is 0 Å². The van der Waals surface area contributed by atoms with E-state index in [2.05, 4.69) is 20.3 Å². The molecule has 5 N–H and O–H groups in total. The van der Waals surface area contributed by atoms with Crippen molar-refractivity contribution in [1.29, 1.82) is 0 Å². The van der Waals surface area contributed by atoms with Crippen LogP contribution in [0.25, 0.3) is 11.2 Å². The Kier molecular flexibility index (Phi) is 4.41. The van der Waals surface area contributed by atoms with Crippen molar-refractivity contribution in [2.75, 3.05) is 26.1 Å². The number of hydrogen-bond acceptors (Lipinski definition) is 9. The molecule has 126 valence electrons. The van der Waals surface area contributed by atoms with Crippen LogP contribution in [0.1, 0.15) is 12.1 Å². The number of aliphatic hydroxyl groups is 2. The highest BCUT2D eigenvalue weighted by Gasteiger charge is 2.44. The van der Waals surface area contributed by atoms with Gasteiger partial charge in [0.2, 0.25) is 0 Å². The molecule has 0 saturated carbocycles. The number of nitrogens with one attached hydrogen (secondary N) is 1. The van der Waals surface area contributed by atoms with Crippen molar-refractivity contribution in [3.63, 3.8) is 0 Å². The Morgan fingerprint density at radius 1 is 1.39 bits per heavy atom. The van der Waals surface area contributed by atoms with Crippen LogP contribution in [0.15, 0.2) is 6.33 Å². The molecule has 1 saturated heterocycles. The third-order valence-corrected chi connectivity index (χ3v) is 3.83. The third kappa shape index (κ3) is 2.64. The van der Waals surface area contributed by atoms with E-state index in [1.165, 1.54) is 13.4 Å². The van der Waals surface area contributed by atoms with Crippen molar-refractivity contribution in [2.24, 2.45) is 5.73 Å². The lowest BCUT2D eigenvalue weighted by atomic mass is 10.1. The number of fused-ring (bicyclic) bond motifs is 1. The van der Waals surface area contributed by atoms with Gasteiger partial charge in [-0.1, -0.05) is 0 Å². The standard InChI is InChI=1S/C13H20N6O4/c1-15-11-8-12(18-7(3-14)17-11)19(5-16-8)13-10(21)9(20)6(23-13)4-22-2/h5-6,9-10,13,20-21H,3-4,14H2,1-2H3,(H,15,17,18). The summed E-state index contributed by atoms with van der Waals surface area (Å²) in [6.07, 6.45) is -2.13. The number of ether oxygens (including phenoxy) is 2. The maximum atomic E-state index is 10.3. The molecule has 0 bridgehead atoms. The molecular weight excluding hydrogens is 304 g/mol. The normalized spacial score (nSPS) is 27.7. The lowest BCUT2D eigenvalue weighted by Gasteiger charge is -2.16. The van der Waals surface area contributed by atoms with Crippen LogP contribution in [-0.2, 0) is 16.0 Å². The second-order valence-electron chi connectivity index (χ2n) is 5.27. The Bertz CT molecular complexity index is 692. The Morgan fingerprint density at radius 2 is 2.17 bits per heavy atom. The smallest absolute Gasteiger partial charge is 0.168 e. The summed E-state index contributed by atoms with van der Waals surface area (Å²) >= 11 is 0. The van der Waals surface area contributed by atoms with E-state index in [-0.39, 0.29) is 13.2 Å². The molecule has 1 fully saturated rings. The van der Waals surface area contributed by atoms with E-state index < -0.39 is 24.5 Å². The van der Waals surface area contributed by atoms with Crippen LogP contribution in [0.2, 0.25) is 0 Å². The SMILES string of the molecule is CNc1nc(CN)nc2c1ncn2C1OC(COC)C(O)C1O. The molecule has 0 spiro atoms. The predicted molar refractivity (Wildman–Crippen MR) is 80.6 cm³/mol. The fraction of sp³-hybridized carbons (Fsp3) is 0.615. The number of aliphatic hydroxyl groups excluding tert-OH is 2. The largest absolute Gasteiger partial charge is 0.387 e. The van der Waals surface area contributed by atoms with Crippen molar-refractivity contribution in [3.05, 3.63) is 12.2 Å². The van der Waals surface area contributed by atoms with Crippen LogP contribution in [0.5, 0.6) is 0 Å². The van der Waals surface area contributed by atoms with E-state index in [0.717, 1.165) is 0 Å². The Morgan fingerprint density at radius 3 is 2.83 bits per heavy atom. The predicted octanol–water partition coefficient (Wildman–Crippen LogP) is -1.41. The number of anilines is 1. The van der Waals surface area contributed by atoms with Crippen molar-refractivity contribution >= 4 is 17.0 Å². The monoisotopic (exact) mass is 324 g/mol. The first-order valence-corrected chi connectivity index (χ1v) is 7.22. The Hall–Kier alpha value is -1.85. The van der Waals surface area contributed by atoms with Gasteiger partial charge in [-0.3, -0.25) is 4.57 Å². The molecule has 3 rings (SSSR count). The lowest BCUT2D eigenvalue weighted by molar-refractivity contribution is -0.0580. The van der Waals surface area contributed by atoms with Gasteiger partial charge in [0.05, 0.1) is 19.5 Å². The number of imidazole rings is 1. The molecule has 1 aliphatic heterocycles. The zero-order valence-electron chi connectivity index (χ0n) is 12.9. The van der Waals surface area contributed by atoms with E-state index in [9.17, 15) is 10.2 Å². The van der Waals surface area contributed by atoms with Crippen LogP contribution in [-0.4, -0.2) is 68.8 Å². The first-order valence-electron chi connectivity index (χ1n) is 7.22. The van der Waals surface area contributed by atoms with Gasteiger partial charge in [-0.25, -0.2) is 15.0 Å². The fourth-order valence-electron chi connectivity index (χ4n) is 2.67. The molecule has 0 radical (unpaired) electrons. The van der Waals surface area contributed by atoms with Gasteiger partial charge < -0.3 is 30.7 Å². The van der Waals surface area contributed by atoms with Crippen LogP contribution in [0.4, 0.5) is 5.82 Å². The van der Waals surface area contributed by atoms with Gasteiger partial charge in [-0.15, -0.1) is 0 Å². The molecule has 2 aromatic heterocycles. The van der Waals surface area contributed by atoms with E-state index in [0.29, 0.717) is 22.8 Å². The quantitative estimate of drug-likeness (QED) is 0.522. The summed E-state index contributed by atoms with van der Waals surface area (Å²) in [4.78, 5) is 12.9. The first kappa shape index (κ1) is 16.0. The van der Waals surface area contributed by atoms with Crippen LogP contribution in [0, 0.1) is 0 Å². The molecular formula is C13H20N6O4. The topological polar surface area (TPSA) is 141 Å². The molecule has 10 heteroatoms. The number of nitrogens with zero attached hydrogens (tertiary/aromatic N) is 4. The van der Waals surface area contributed by atoms with Crippen molar-refractivity contribution in [2.45, 2.75) is 31.1 Å². The number of nitrogens with two attached hydrogens (primary N) is 1. The highest BCUT2D eigenvalue weighted by Crippen LogP contribution is 2.32. The molecule has 2 aromatic rings. The zero-order chi connectivity index (χ0) is 16.6. The van der Waals surface area contributed by atoms with Crippen molar-refractivity contribution in [3.8, 4) is 0 Å². The summed E-state index contributed by atoms with van der Waals surface area (Å²) in [6.45, 7) is 0.338. The molecule has 0 aliphatic carbocycles. The van der Waals surface area contributed by atoms with Gasteiger partial charge in [-0.2, -0.15) is 0 Å². The summed E-state index contributed by atoms with van der Waals surface area (Å²) in [7, 11) is 3.22. The zero-order valence-corrected chi connectivity index (χ0v) is 12.9. The summed E-state index contributed by atoms with van der Waals surface area (Å²) in [6, 6.07) is 0. The lowest BCUT2D eigenvalue weighted by Crippen LogP contribution is -2.33.